The SMILES string of the molecule is CCC(O)CC(C)C(C)C(=O)C1=CC(C(C)(C)C)=CC(I)N1. The van der Waals surface area contributed by atoms with E-state index in [1.54, 1.807) is 0 Å². The van der Waals surface area contributed by atoms with E-state index in [9.17, 15) is 9.90 Å². The molecule has 1 aliphatic rings. The number of carbonyl (C=O) groups excluding carboxylic acids is 1. The second-order valence-corrected chi connectivity index (χ2v) is 8.75. The van der Waals surface area contributed by atoms with Gasteiger partial charge in [-0.05, 0) is 41.9 Å². The van der Waals surface area contributed by atoms with Crippen LogP contribution in [0.4, 0.5) is 0 Å². The molecule has 3 nitrogen and oxygen atoms in total. The first-order chi connectivity index (χ1) is 10.1. The summed E-state index contributed by atoms with van der Waals surface area (Å²) in [5, 5.41) is 13.1. The van der Waals surface area contributed by atoms with E-state index in [0.29, 0.717) is 12.1 Å². The Kier molecular flexibility index (Phi) is 7.12. The summed E-state index contributed by atoms with van der Waals surface area (Å²) in [7, 11) is 0. The molecule has 1 aliphatic heterocycles. The van der Waals surface area contributed by atoms with E-state index in [1.807, 2.05) is 26.8 Å². The molecular weight excluding hydrogens is 389 g/mol. The first-order valence-electron chi connectivity index (χ1n) is 8.13. The highest BCUT2D eigenvalue weighted by Crippen LogP contribution is 2.32. The topological polar surface area (TPSA) is 49.3 Å². The molecule has 0 saturated heterocycles. The maximum atomic E-state index is 12.8. The number of alkyl halides is 1. The third kappa shape index (κ3) is 5.37. The van der Waals surface area contributed by atoms with Crippen molar-refractivity contribution in [2.75, 3.05) is 0 Å². The lowest BCUT2D eigenvalue weighted by Crippen LogP contribution is -2.35. The highest BCUT2D eigenvalue weighted by atomic mass is 127. The second-order valence-electron chi connectivity index (χ2n) is 7.40. The average Bonchev–Trinajstić information content (AvgIpc) is 2.43. The Balaban J connectivity index is 2.88. The van der Waals surface area contributed by atoms with Gasteiger partial charge in [0.05, 0.1) is 15.8 Å². The molecule has 22 heavy (non-hydrogen) atoms. The molecule has 4 unspecified atom stereocenters. The fourth-order valence-corrected chi connectivity index (χ4v) is 3.23. The Morgan fingerprint density at radius 2 is 2.00 bits per heavy atom. The molecule has 1 heterocycles. The lowest BCUT2D eigenvalue weighted by Gasteiger charge is -2.29. The Bertz CT molecular complexity index is 462. The minimum atomic E-state index is -0.319. The third-order valence-electron chi connectivity index (χ3n) is 4.43. The van der Waals surface area contributed by atoms with E-state index in [0.717, 1.165) is 6.42 Å². The van der Waals surface area contributed by atoms with Gasteiger partial charge in [0, 0.05) is 5.92 Å². The number of carbonyl (C=O) groups is 1. The molecule has 0 aliphatic carbocycles. The Hall–Kier alpha value is -0.360. The summed E-state index contributed by atoms with van der Waals surface area (Å²) in [6.07, 6.45) is 5.26. The Labute approximate surface area is 148 Å². The zero-order chi connectivity index (χ0) is 17.1. The first kappa shape index (κ1) is 19.7. The molecule has 4 heteroatoms. The van der Waals surface area contributed by atoms with Crippen molar-refractivity contribution in [3.63, 3.8) is 0 Å². The van der Waals surface area contributed by atoms with Crippen molar-refractivity contribution in [1.29, 1.82) is 0 Å². The number of halogens is 1. The van der Waals surface area contributed by atoms with E-state index < -0.39 is 0 Å². The zero-order valence-corrected chi connectivity index (χ0v) is 16.8. The summed E-state index contributed by atoms with van der Waals surface area (Å²) in [4.78, 5) is 12.8. The van der Waals surface area contributed by atoms with Gasteiger partial charge in [0.15, 0.2) is 5.78 Å². The van der Waals surface area contributed by atoms with E-state index in [1.165, 1.54) is 5.57 Å². The van der Waals surface area contributed by atoms with Crippen molar-refractivity contribution >= 4 is 28.4 Å². The van der Waals surface area contributed by atoms with Crippen molar-refractivity contribution in [1.82, 2.24) is 5.32 Å². The summed E-state index contributed by atoms with van der Waals surface area (Å²) >= 11 is 2.31. The van der Waals surface area contributed by atoms with Crippen LogP contribution in [0.15, 0.2) is 23.4 Å². The zero-order valence-electron chi connectivity index (χ0n) is 14.6. The van der Waals surface area contributed by atoms with Gasteiger partial charge in [0.1, 0.15) is 0 Å². The number of dihydropyridines is 1. The monoisotopic (exact) mass is 419 g/mol. The van der Waals surface area contributed by atoms with Crippen molar-refractivity contribution < 1.29 is 9.90 Å². The standard InChI is InChI=1S/C18H30INO2/c1-7-14(21)8-11(2)12(3)17(22)15-9-13(18(4,5)6)10-16(19)20-15/h9-12,14,16,20-21H,7-8H2,1-6H3. The molecule has 126 valence electrons. The van der Waals surface area contributed by atoms with Gasteiger partial charge in [-0.1, -0.05) is 64.1 Å². The van der Waals surface area contributed by atoms with Gasteiger partial charge in [-0.15, -0.1) is 0 Å². The lowest BCUT2D eigenvalue weighted by molar-refractivity contribution is -0.120. The van der Waals surface area contributed by atoms with E-state index in [2.05, 4.69) is 54.8 Å². The van der Waals surface area contributed by atoms with Gasteiger partial charge in [-0.3, -0.25) is 4.79 Å². The van der Waals surface area contributed by atoms with Crippen LogP contribution in [0.1, 0.15) is 54.4 Å². The van der Waals surface area contributed by atoms with E-state index in [4.69, 9.17) is 0 Å². The molecular formula is C18H30INO2. The molecule has 0 aromatic rings. The summed E-state index contributed by atoms with van der Waals surface area (Å²) in [6.45, 7) is 12.5. The van der Waals surface area contributed by atoms with Gasteiger partial charge in [0.2, 0.25) is 0 Å². The van der Waals surface area contributed by atoms with Crippen LogP contribution in [0.25, 0.3) is 0 Å². The molecule has 0 fully saturated rings. The van der Waals surface area contributed by atoms with Crippen LogP contribution in [0.3, 0.4) is 0 Å². The number of allylic oxidation sites excluding steroid dienone is 3. The molecule has 2 N–H and O–H groups in total. The predicted molar refractivity (Wildman–Crippen MR) is 101 cm³/mol. The number of hydrogen-bond donors (Lipinski definition) is 2. The maximum absolute atomic E-state index is 12.8. The smallest absolute Gasteiger partial charge is 0.181 e. The largest absolute Gasteiger partial charge is 0.393 e. The maximum Gasteiger partial charge on any atom is 0.181 e. The van der Waals surface area contributed by atoms with E-state index in [-0.39, 0.29) is 33.2 Å². The number of Topliss-reactive ketones (excluding diaryl/α,β-unsaturated/α-hetero) is 1. The predicted octanol–water partition coefficient (Wildman–Crippen LogP) is 4.21. The first-order valence-corrected chi connectivity index (χ1v) is 9.37. The molecule has 0 amide bonds. The summed E-state index contributed by atoms with van der Waals surface area (Å²) in [5.41, 5.74) is 1.93. The molecule has 1 rings (SSSR count). The fourth-order valence-electron chi connectivity index (χ4n) is 2.51. The van der Waals surface area contributed by atoms with Crippen LogP contribution in [-0.2, 0) is 4.79 Å². The Morgan fingerprint density at radius 3 is 2.50 bits per heavy atom. The fraction of sp³-hybridized carbons (Fsp3) is 0.722. The van der Waals surface area contributed by atoms with Gasteiger partial charge in [-0.25, -0.2) is 0 Å². The number of rotatable bonds is 6. The number of ketones is 1. The second kappa shape index (κ2) is 7.95. The summed E-state index contributed by atoms with van der Waals surface area (Å²) in [5.74, 6) is 0.219. The number of nitrogens with one attached hydrogen (secondary N) is 1. The lowest BCUT2D eigenvalue weighted by atomic mass is 9.82. The third-order valence-corrected chi connectivity index (χ3v) is 5.10. The highest BCUT2D eigenvalue weighted by molar-refractivity contribution is 14.1. The van der Waals surface area contributed by atoms with Crippen molar-refractivity contribution in [2.45, 2.75) is 64.5 Å². The van der Waals surface area contributed by atoms with Crippen molar-refractivity contribution in [3.05, 3.63) is 23.4 Å². The van der Waals surface area contributed by atoms with Gasteiger partial charge in [-0.2, -0.15) is 0 Å². The molecule has 0 aromatic carbocycles. The summed E-state index contributed by atoms with van der Waals surface area (Å²) in [6, 6.07) is 0. The molecule has 0 spiro atoms. The average molecular weight is 419 g/mol. The van der Waals surface area contributed by atoms with Crippen molar-refractivity contribution in [3.8, 4) is 0 Å². The van der Waals surface area contributed by atoms with Crippen LogP contribution in [0.2, 0.25) is 0 Å². The molecule has 0 aromatic heterocycles. The van der Waals surface area contributed by atoms with Crippen LogP contribution in [0, 0.1) is 17.3 Å². The normalized spacial score (nSPS) is 23.0. The van der Waals surface area contributed by atoms with Gasteiger partial charge < -0.3 is 10.4 Å². The minimum Gasteiger partial charge on any atom is -0.393 e. The van der Waals surface area contributed by atoms with E-state index >= 15 is 0 Å². The van der Waals surface area contributed by atoms with Gasteiger partial charge in [0.25, 0.3) is 0 Å². The molecule has 0 saturated carbocycles. The van der Waals surface area contributed by atoms with Crippen LogP contribution < -0.4 is 5.32 Å². The molecule has 0 bridgehead atoms. The molecule has 4 atom stereocenters. The summed E-state index contributed by atoms with van der Waals surface area (Å²) < 4.78 is 0.138. The van der Waals surface area contributed by atoms with Crippen LogP contribution in [0.5, 0.6) is 0 Å². The number of aliphatic hydroxyl groups is 1. The van der Waals surface area contributed by atoms with Crippen molar-refractivity contribution in [2.24, 2.45) is 17.3 Å². The van der Waals surface area contributed by atoms with Gasteiger partial charge >= 0.3 is 0 Å². The van der Waals surface area contributed by atoms with Crippen LogP contribution >= 0.6 is 22.6 Å². The Morgan fingerprint density at radius 1 is 1.41 bits per heavy atom. The minimum absolute atomic E-state index is 0.0321. The number of aliphatic hydroxyl groups excluding tert-OH is 1. The quantitative estimate of drug-likeness (QED) is 0.385. The molecule has 0 radical (unpaired) electrons. The highest BCUT2D eigenvalue weighted by Gasteiger charge is 2.29. The number of hydrogen-bond acceptors (Lipinski definition) is 3. The van der Waals surface area contributed by atoms with Crippen LogP contribution in [-0.4, -0.2) is 21.0 Å².